The SMILES string of the molecule is O=C(O)C1(Nc2ccc(Cl)cc2)CCCC(C(F)(F)F)C1. The summed E-state index contributed by atoms with van der Waals surface area (Å²) in [5, 5.41) is 12.7. The van der Waals surface area contributed by atoms with Crippen LogP contribution < -0.4 is 5.32 Å². The van der Waals surface area contributed by atoms with Crippen molar-refractivity contribution in [1.29, 1.82) is 0 Å². The van der Waals surface area contributed by atoms with E-state index in [1.165, 1.54) is 0 Å². The number of hydrogen-bond donors (Lipinski definition) is 2. The second-order valence-electron chi connectivity index (χ2n) is 5.35. The molecule has 1 aromatic rings. The molecule has 0 saturated heterocycles. The Kier molecular flexibility index (Phi) is 4.37. The first kappa shape index (κ1) is 15.9. The number of anilines is 1. The van der Waals surface area contributed by atoms with Gasteiger partial charge >= 0.3 is 12.1 Å². The molecule has 21 heavy (non-hydrogen) atoms. The van der Waals surface area contributed by atoms with E-state index in [4.69, 9.17) is 11.6 Å². The van der Waals surface area contributed by atoms with Crippen molar-refractivity contribution in [3.8, 4) is 0 Å². The van der Waals surface area contributed by atoms with Crippen LogP contribution in [-0.2, 0) is 4.79 Å². The summed E-state index contributed by atoms with van der Waals surface area (Å²) >= 11 is 5.74. The van der Waals surface area contributed by atoms with Crippen molar-refractivity contribution in [3.05, 3.63) is 29.3 Å². The predicted molar refractivity (Wildman–Crippen MR) is 73.5 cm³/mol. The number of rotatable bonds is 3. The van der Waals surface area contributed by atoms with Crippen LogP contribution in [0.25, 0.3) is 0 Å². The second kappa shape index (κ2) is 5.75. The average Bonchev–Trinajstić information content (AvgIpc) is 2.40. The van der Waals surface area contributed by atoms with Gasteiger partial charge in [0.15, 0.2) is 0 Å². The summed E-state index contributed by atoms with van der Waals surface area (Å²) in [6, 6.07) is 6.24. The Morgan fingerprint density at radius 2 is 1.95 bits per heavy atom. The van der Waals surface area contributed by atoms with Crippen LogP contribution in [0.2, 0.25) is 5.02 Å². The quantitative estimate of drug-likeness (QED) is 0.871. The van der Waals surface area contributed by atoms with Gasteiger partial charge in [-0.2, -0.15) is 13.2 Å². The molecule has 1 aliphatic rings. The third kappa shape index (κ3) is 3.61. The normalized spacial score (nSPS) is 26.4. The summed E-state index contributed by atoms with van der Waals surface area (Å²) in [6.07, 6.45) is -4.48. The zero-order valence-electron chi connectivity index (χ0n) is 11.1. The molecule has 0 aliphatic heterocycles. The average molecular weight is 322 g/mol. The summed E-state index contributed by atoms with van der Waals surface area (Å²) in [6.45, 7) is 0. The molecule has 0 amide bonds. The van der Waals surface area contributed by atoms with Crippen molar-refractivity contribution in [2.45, 2.75) is 37.4 Å². The molecule has 1 aromatic carbocycles. The van der Waals surface area contributed by atoms with E-state index >= 15 is 0 Å². The van der Waals surface area contributed by atoms with Crippen LogP contribution >= 0.6 is 11.6 Å². The first-order chi connectivity index (χ1) is 9.73. The van der Waals surface area contributed by atoms with Gasteiger partial charge in [-0.1, -0.05) is 11.6 Å². The lowest BCUT2D eigenvalue weighted by atomic mass is 9.75. The molecule has 0 aromatic heterocycles. The Morgan fingerprint density at radius 1 is 1.33 bits per heavy atom. The standard InChI is InChI=1S/C14H15ClF3NO2/c15-10-3-5-11(6-4-10)19-13(12(20)21)7-1-2-9(8-13)14(16,17)18/h3-6,9,19H,1-2,7-8H2,(H,20,21). The molecule has 0 bridgehead atoms. The first-order valence-electron chi connectivity index (χ1n) is 6.57. The van der Waals surface area contributed by atoms with E-state index in [0.29, 0.717) is 10.7 Å². The maximum atomic E-state index is 12.9. The van der Waals surface area contributed by atoms with Gasteiger partial charge in [0, 0.05) is 10.7 Å². The molecule has 2 unspecified atom stereocenters. The molecule has 2 atom stereocenters. The van der Waals surface area contributed by atoms with E-state index in [0.717, 1.165) is 0 Å². The first-order valence-corrected chi connectivity index (χ1v) is 6.95. The molecule has 3 nitrogen and oxygen atoms in total. The summed E-state index contributed by atoms with van der Waals surface area (Å²) in [5.74, 6) is -2.85. The largest absolute Gasteiger partial charge is 0.480 e. The Bertz CT molecular complexity index is 518. The molecule has 116 valence electrons. The van der Waals surface area contributed by atoms with Crippen molar-refractivity contribution in [3.63, 3.8) is 0 Å². The summed E-state index contributed by atoms with van der Waals surface area (Å²) < 4.78 is 38.7. The van der Waals surface area contributed by atoms with Gasteiger partial charge < -0.3 is 10.4 Å². The number of benzene rings is 1. The van der Waals surface area contributed by atoms with Crippen LogP contribution in [0.5, 0.6) is 0 Å². The third-order valence-corrected chi connectivity index (χ3v) is 4.10. The van der Waals surface area contributed by atoms with E-state index in [1.807, 2.05) is 0 Å². The number of alkyl halides is 3. The van der Waals surface area contributed by atoms with Crippen LogP contribution in [0.1, 0.15) is 25.7 Å². The van der Waals surface area contributed by atoms with Crippen molar-refractivity contribution >= 4 is 23.3 Å². The highest BCUT2D eigenvalue weighted by Crippen LogP contribution is 2.43. The van der Waals surface area contributed by atoms with Crippen LogP contribution in [0.3, 0.4) is 0 Å². The zero-order valence-corrected chi connectivity index (χ0v) is 11.8. The van der Waals surface area contributed by atoms with Gasteiger partial charge in [-0.05, 0) is 49.9 Å². The number of nitrogens with one attached hydrogen (secondary N) is 1. The van der Waals surface area contributed by atoms with Crippen LogP contribution in [0, 0.1) is 5.92 Å². The maximum absolute atomic E-state index is 12.9. The molecule has 2 N–H and O–H groups in total. The summed E-state index contributed by atoms with van der Waals surface area (Å²) in [5.41, 5.74) is -1.14. The van der Waals surface area contributed by atoms with E-state index in [9.17, 15) is 23.1 Å². The van der Waals surface area contributed by atoms with E-state index in [-0.39, 0.29) is 19.3 Å². The molecule has 0 heterocycles. The van der Waals surface area contributed by atoms with Gasteiger partial charge in [-0.15, -0.1) is 0 Å². The van der Waals surface area contributed by atoms with Crippen molar-refractivity contribution in [2.24, 2.45) is 5.92 Å². The van der Waals surface area contributed by atoms with Crippen molar-refractivity contribution in [1.82, 2.24) is 0 Å². The van der Waals surface area contributed by atoms with Gasteiger partial charge in [0.1, 0.15) is 5.54 Å². The van der Waals surface area contributed by atoms with Crippen LogP contribution in [0.15, 0.2) is 24.3 Å². The molecule has 1 aliphatic carbocycles. The molecule has 2 rings (SSSR count). The van der Waals surface area contributed by atoms with Gasteiger partial charge in [0.2, 0.25) is 0 Å². The number of aliphatic carboxylic acids is 1. The lowest BCUT2D eigenvalue weighted by molar-refractivity contribution is -0.188. The zero-order chi connectivity index (χ0) is 15.7. The fourth-order valence-corrected chi connectivity index (χ4v) is 2.85. The van der Waals surface area contributed by atoms with Crippen molar-refractivity contribution < 1.29 is 23.1 Å². The number of hydrogen-bond acceptors (Lipinski definition) is 2. The number of carboxylic acids is 1. The molecule has 1 fully saturated rings. The fraction of sp³-hybridized carbons (Fsp3) is 0.500. The Morgan fingerprint density at radius 3 is 2.48 bits per heavy atom. The number of carboxylic acid groups (broad SMARTS) is 1. The molecule has 1 saturated carbocycles. The molecular formula is C14H15ClF3NO2. The van der Waals surface area contributed by atoms with Crippen LogP contribution in [0.4, 0.5) is 18.9 Å². The highest BCUT2D eigenvalue weighted by Gasteiger charge is 2.51. The van der Waals surface area contributed by atoms with E-state index in [1.54, 1.807) is 24.3 Å². The highest BCUT2D eigenvalue weighted by atomic mass is 35.5. The van der Waals surface area contributed by atoms with E-state index in [2.05, 4.69) is 5.32 Å². The van der Waals surface area contributed by atoms with Gasteiger partial charge in [0.25, 0.3) is 0 Å². The Labute approximate surface area is 125 Å². The van der Waals surface area contributed by atoms with Gasteiger partial charge in [-0.25, -0.2) is 4.79 Å². The Hall–Kier alpha value is -1.43. The second-order valence-corrected chi connectivity index (χ2v) is 5.79. The minimum absolute atomic E-state index is 0.0270. The molecule has 0 radical (unpaired) electrons. The molecule has 7 heteroatoms. The fourth-order valence-electron chi connectivity index (χ4n) is 2.73. The lowest BCUT2D eigenvalue weighted by Gasteiger charge is -2.39. The number of carbonyl (C=O) groups is 1. The molecule has 0 spiro atoms. The smallest absolute Gasteiger partial charge is 0.391 e. The van der Waals surface area contributed by atoms with Gasteiger partial charge in [-0.3, -0.25) is 0 Å². The number of halogens is 4. The minimum Gasteiger partial charge on any atom is -0.480 e. The predicted octanol–water partition coefficient (Wildman–Crippen LogP) is 4.33. The van der Waals surface area contributed by atoms with Crippen LogP contribution in [-0.4, -0.2) is 22.8 Å². The van der Waals surface area contributed by atoms with Crippen molar-refractivity contribution in [2.75, 3.05) is 5.32 Å². The maximum Gasteiger partial charge on any atom is 0.391 e. The summed E-state index contributed by atoms with van der Waals surface area (Å²) in [4.78, 5) is 11.6. The third-order valence-electron chi connectivity index (χ3n) is 3.85. The topological polar surface area (TPSA) is 49.3 Å². The minimum atomic E-state index is -4.37. The van der Waals surface area contributed by atoms with Gasteiger partial charge in [0.05, 0.1) is 5.92 Å². The summed E-state index contributed by atoms with van der Waals surface area (Å²) in [7, 11) is 0. The monoisotopic (exact) mass is 321 g/mol. The highest BCUT2D eigenvalue weighted by molar-refractivity contribution is 6.30. The van der Waals surface area contributed by atoms with E-state index < -0.39 is 30.0 Å². The Balaban J connectivity index is 2.24. The molecular weight excluding hydrogens is 307 g/mol. The lowest BCUT2D eigenvalue weighted by Crippen LogP contribution is -2.52.